The molecule has 0 amide bonds. The molecule has 1 aliphatic rings. The minimum atomic E-state index is -0.0668. The number of hydrogen-bond acceptors (Lipinski definition) is 1. The molecular weight excluding hydrogens is 184 g/mol. The molecule has 0 spiro atoms. The minimum Gasteiger partial charge on any atom is -0.393 e. The Morgan fingerprint density at radius 3 is 2.07 bits per heavy atom. The van der Waals surface area contributed by atoms with Crippen molar-refractivity contribution in [2.45, 2.75) is 72.3 Å². The van der Waals surface area contributed by atoms with Crippen LogP contribution in [0.4, 0.5) is 0 Å². The van der Waals surface area contributed by atoms with Crippen LogP contribution in [0.1, 0.15) is 66.2 Å². The first-order valence-electron chi connectivity index (χ1n) is 6.60. The third-order valence-electron chi connectivity index (χ3n) is 3.83. The van der Waals surface area contributed by atoms with Gasteiger partial charge in [0, 0.05) is 0 Å². The fraction of sp³-hybridized carbons (Fsp3) is 1.00. The van der Waals surface area contributed by atoms with Crippen molar-refractivity contribution in [1.29, 1.82) is 0 Å². The van der Waals surface area contributed by atoms with Crippen molar-refractivity contribution >= 4 is 0 Å². The highest BCUT2D eigenvalue weighted by molar-refractivity contribution is 4.79. The van der Waals surface area contributed by atoms with Gasteiger partial charge >= 0.3 is 0 Å². The largest absolute Gasteiger partial charge is 0.393 e. The van der Waals surface area contributed by atoms with Crippen molar-refractivity contribution in [1.82, 2.24) is 0 Å². The standard InChI is InChI=1S/C14H28O/c1-5-11-6-8-12(9-7-11)13(15)10-14(2,3)4/h11-13,15H,5-10H2,1-4H3. The quantitative estimate of drug-likeness (QED) is 0.749. The summed E-state index contributed by atoms with van der Waals surface area (Å²) in [6.45, 7) is 8.94. The molecule has 1 unspecified atom stereocenters. The van der Waals surface area contributed by atoms with Gasteiger partial charge in [-0.3, -0.25) is 0 Å². The van der Waals surface area contributed by atoms with Crippen molar-refractivity contribution in [3.8, 4) is 0 Å². The van der Waals surface area contributed by atoms with Crippen LogP contribution in [-0.2, 0) is 0 Å². The second-order valence-electron chi connectivity index (χ2n) is 6.52. The molecule has 0 aromatic heterocycles. The molecule has 1 aliphatic carbocycles. The number of hydrogen-bond donors (Lipinski definition) is 1. The van der Waals surface area contributed by atoms with E-state index in [0.717, 1.165) is 12.3 Å². The van der Waals surface area contributed by atoms with Gasteiger partial charge in [-0.2, -0.15) is 0 Å². The smallest absolute Gasteiger partial charge is 0.0573 e. The van der Waals surface area contributed by atoms with Crippen LogP contribution < -0.4 is 0 Å². The van der Waals surface area contributed by atoms with E-state index in [2.05, 4.69) is 27.7 Å². The maximum absolute atomic E-state index is 10.2. The van der Waals surface area contributed by atoms with Crippen LogP contribution in [0.5, 0.6) is 0 Å². The van der Waals surface area contributed by atoms with Crippen LogP contribution >= 0.6 is 0 Å². The summed E-state index contributed by atoms with van der Waals surface area (Å²) in [7, 11) is 0. The van der Waals surface area contributed by atoms with Crippen molar-refractivity contribution in [3.05, 3.63) is 0 Å². The number of aliphatic hydroxyl groups excluding tert-OH is 1. The monoisotopic (exact) mass is 212 g/mol. The Bertz CT molecular complexity index is 172. The Balaban J connectivity index is 2.33. The molecule has 1 rings (SSSR count). The Kier molecular flexibility index (Phi) is 4.64. The van der Waals surface area contributed by atoms with E-state index in [1.54, 1.807) is 0 Å². The van der Waals surface area contributed by atoms with Gasteiger partial charge in [-0.25, -0.2) is 0 Å². The maximum Gasteiger partial charge on any atom is 0.0573 e. The average Bonchev–Trinajstić information content (AvgIpc) is 2.15. The first-order chi connectivity index (χ1) is 6.92. The first-order valence-corrected chi connectivity index (χ1v) is 6.60. The zero-order chi connectivity index (χ0) is 11.5. The highest BCUT2D eigenvalue weighted by Crippen LogP contribution is 2.35. The summed E-state index contributed by atoms with van der Waals surface area (Å²) in [6, 6.07) is 0. The van der Waals surface area contributed by atoms with Gasteiger partial charge in [0.15, 0.2) is 0 Å². The number of aliphatic hydroxyl groups is 1. The fourth-order valence-electron chi connectivity index (χ4n) is 2.78. The van der Waals surface area contributed by atoms with Crippen molar-refractivity contribution in [2.75, 3.05) is 0 Å². The van der Waals surface area contributed by atoms with E-state index in [1.165, 1.54) is 32.1 Å². The summed E-state index contributed by atoms with van der Waals surface area (Å²) in [5.74, 6) is 1.51. The Labute approximate surface area is 95.3 Å². The zero-order valence-corrected chi connectivity index (χ0v) is 10.9. The third kappa shape index (κ3) is 4.55. The van der Waals surface area contributed by atoms with Crippen LogP contribution in [-0.4, -0.2) is 11.2 Å². The fourth-order valence-corrected chi connectivity index (χ4v) is 2.78. The SMILES string of the molecule is CCC1CCC(C(O)CC(C)(C)C)CC1. The first kappa shape index (κ1) is 13.0. The third-order valence-corrected chi connectivity index (χ3v) is 3.83. The summed E-state index contributed by atoms with van der Waals surface area (Å²) < 4.78 is 0. The molecule has 15 heavy (non-hydrogen) atoms. The van der Waals surface area contributed by atoms with Crippen molar-refractivity contribution in [3.63, 3.8) is 0 Å². The lowest BCUT2D eigenvalue weighted by Crippen LogP contribution is -2.29. The molecule has 0 aliphatic heterocycles. The second-order valence-corrected chi connectivity index (χ2v) is 6.52. The highest BCUT2D eigenvalue weighted by Gasteiger charge is 2.28. The van der Waals surface area contributed by atoms with Crippen LogP contribution in [0.2, 0.25) is 0 Å². The molecule has 1 atom stereocenters. The molecule has 0 aromatic rings. The van der Waals surface area contributed by atoms with Gasteiger partial charge in [0.25, 0.3) is 0 Å². The minimum absolute atomic E-state index is 0.0668. The molecule has 1 N–H and O–H groups in total. The summed E-state index contributed by atoms with van der Waals surface area (Å²) in [5, 5.41) is 10.2. The van der Waals surface area contributed by atoms with E-state index < -0.39 is 0 Å². The normalized spacial score (nSPS) is 30.2. The molecular formula is C14H28O. The van der Waals surface area contributed by atoms with Gasteiger partial charge in [-0.1, -0.05) is 47.0 Å². The van der Waals surface area contributed by atoms with Gasteiger partial charge in [0.2, 0.25) is 0 Å². The lowest BCUT2D eigenvalue weighted by atomic mass is 9.75. The lowest BCUT2D eigenvalue weighted by molar-refractivity contribution is 0.0407. The molecule has 0 heterocycles. The molecule has 0 bridgehead atoms. The van der Waals surface area contributed by atoms with Crippen molar-refractivity contribution < 1.29 is 5.11 Å². The highest BCUT2D eigenvalue weighted by atomic mass is 16.3. The second kappa shape index (κ2) is 5.34. The lowest BCUT2D eigenvalue weighted by Gasteiger charge is -2.33. The van der Waals surface area contributed by atoms with E-state index >= 15 is 0 Å². The van der Waals surface area contributed by atoms with Crippen LogP contribution in [0.25, 0.3) is 0 Å². The summed E-state index contributed by atoms with van der Waals surface area (Å²) in [6.07, 6.45) is 7.37. The zero-order valence-electron chi connectivity index (χ0n) is 10.9. The molecule has 90 valence electrons. The summed E-state index contributed by atoms with van der Waals surface area (Å²) >= 11 is 0. The Hall–Kier alpha value is -0.0400. The molecule has 0 aromatic carbocycles. The predicted molar refractivity (Wildman–Crippen MR) is 65.8 cm³/mol. The van der Waals surface area contributed by atoms with Gasteiger partial charge in [0.05, 0.1) is 6.10 Å². The van der Waals surface area contributed by atoms with E-state index in [-0.39, 0.29) is 11.5 Å². The number of rotatable bonds is 3. The molecule has 1 heteroatoms. The van der Waals surface area contributed by atoms with Gasteiger partial charge < -0.3 is 5.11 Å². The van der Waals surface area contributed by atoms with Gasteiger partial charge in [0.1, 0.15) is 0 Å². The summed E-state index contributed by atoms with van der Waals surface area (Å²) in [5.41, 5.74) is 0.265. The van der Waals surface area contributed by atoms with Crippen LogP contribution in [0, 0.1) is 17.3 Å². The Morgan fingerprint density at radius 1 is 1.13 bits per heavy atom. The van der Waals surface area contributed by atoms with E-state index in [4.69, 9.17) is 0 Å². The maximum atomic E-state index is 10.2. The van der Waals surface area contributed by atoms with E-state index in [0.29, 0.717) is 5.92 Å². The molecule has 1 nitrogen and oxygen atoms in total. The summed E-state index contributed by atoms with van der Waals surface area (Å²) in [4.78, 5) is 0. The molecule has 0 saturated heterocycles. The predicted octanol–water partition coefficient (Wildman–Crippen LogP) is 4.00. The van der Waals surface area contributed by atoms with Crippen molar-refractivity contribution in [2.24, 2.45) is 17.3 Å². The average molecular weight is 212 g/mol. The van der Waals surface area contributed by atoms with Gasteiger partial charge in [-0.05, 0) is 36.5 Å². The Morgan fingerprint density at radius 2 is 1.67 bits per heavy atom. The van der Waals surface area contributed by atoms with Crippen LogP contribution in [0.15, 0.2) is 0 Å². The molecule has 0 radical (unpaired) electrons. The van der Waals surface area contributed by atoms with E-state index in [9.17, 15) is 5.11 Å². The van der Waals surface area contributed by atoms with Gasteiger partial charge in [-0.15, -0.1) is 0 Å². The molecule has 1 fully saturated rings. The molecule has 1 saturated carbocycles. The van der Waals surface area contributed by atoms with Crippen LogP contribution in [0.3, 0.4) is 0 Å². The topological polar surface area (TPSA) is 20.2 Å². The van der Waals surface area contributed by atoms with E-state index in [1.807, 2.05) is 0 Å².